The molecule has 2 heterocycles. The summed E-state index contributed by atoms with van der Waals surface area (Å²) in [6, 6.07) is 13.8. The van der Waals surface area contributed by atoms with Crippen LogP contribution in [0.2, 0.25) is 5.02 Å². The minimum absolute atomic E-state index is 0.146. The van der Waals surface area contributed by atoms with E-state index in [9.17, 15) is 9.59 Å². The second kappa shape index (κ2) is 9.15. The van der Waals surface area contributed by atoms with Crippen LogP contribution in [-0.4, -0.2) is 44.5 Å². The number of halogens is 1. The maximum absolute atomic E-state index is 12.4. The normalized spacial score (nSPS) is 10.8. The predicted octanol–water partition coefficient (Wildman–Crippen LogP) is 3.99. The molecule has 8 nitrogen and oxygen atoms in total. The summed E-state index contributed by atoms with van der Waals surface area (Å²) in [5, 5.41) is 9.17. The van der Waals surface area contributed by atoms with Crippen LogP contribution >= 0.6 is 23.4 Å². The molecule has 2 aromatic heterocycles. The Labute approximate surface area is 186 Å². The molecule has 0 saturated heterocycles. The van der Waals surface area contributed by atoms with E-state index < -0.39 is 5.97 Å². The lowest BCUT2D eigenvalue weighted by atomic mass is 10.2. The number of nitrogens with one attached hydrogen (secondary N) is 1. The molecular weight excluding hydrogens is 438 g/mol. The smallest absolute Gasteiger partial charge is 0.337 e. The number of carbonyl (C=O) groups is 2. The first-order chi connectivity index (χ1) is 15.0. The number of thioether (sulfide) groups is 1. The molecule has 0 fully saturated rings. The molecule has 1 N–H and O–H groups in total. The van der Waals surface area contributed by atoms with E-state index in [0.717, 1.165) is 11.1 Å². The first-order valence-corrected chi connectivity index (χ1v) is 10.5. The van der Waals surface area contributed by atoms with Gasteiger partial charge < -0.3 is 10.1 Å². The second-order valence-electron chi connectivity index (χ2n) is 6.36. The molecular formula is C21H16ClN5O3S. The lowest BCUT2D eigenvalue weighted by Gasteiger charge is -2.07. The summed E-state index contributed by atoms with van der Waals surface area (Å²) in [4.78, 5) is 32.5. The Bertz CT molecular complexity index is 1260. The zero-order valence-corrected chi connectivity index (χ0v) is 17.9. The van der Waals surface area contributed by atoms with Gasteiger partial charge in [-0.15, -0.1) is 0 Å². The number of nitrogens with zero attached hydrogens (tertiary/aromatic N) is 4. The molecule has 0 aliphatic heterocycles. The Hall–Kier alpha value is -3.43. The molecule has 0 atom stereocenters. The van der Waals surface area contributed by atoms with Gasteiger partial charge in [0.15, 0.2) is 5.65 Å². The van der Waals surface area contributed by atoms with Gasteiger partial charge in [0.1, 0.15) is 11.4 Å². The van der Waals surface area contributed by atoms with Gasteiger partial charge in [-0.25, -0.2) is 19.4 Å². The minimum Gasteiger partial charge on any atom is -0.465 e. The molecule has 0 aliphatic carbocycles. The van der Waals surface area contributed by atoms with Crippen molar-refractivity contribution < 1.29 is 14.3 Å². The summed E-state index contributed by atoms with van der Waals surface area (Å²) < 4.78 is 6.34. The lowest BCUT2D eigenvalue weighted by molar-refractivity contribution is -0.113. The van der Waals surface area contributed by atoms with Crippen molar-refractivity contribution in [2.24, 2.45) is 0 Å². The number of fused-ring (bicyclic) bond motifs is 1. The van der Waals surface area contributed by atoms with E-state index in [1.165, 1.54) is 25.2 Å². The third-order valence-corrected chi connectivity index (χ3v) is 5.55. The Morgan fingerprint density at radius 2 is 1.97 bits per heavy atom. The van der Waals surface area contributed by atoms with Gasteiger partial charge in [-0.05, 0) is 42.5 Å². The summed E-state index contributed by atoms with van der Waals surface area (Å²) in [6.45, 7) is 0. The molecule has 1 amide bonds. The van der Waals surface area contributed by atoms with Gasteiger partial charge in [-0.1, -0.05) is 29.4 Å². The van der Waals surface area contributed by atoms with E-state index in [1.54, 1.807) is 47.3 Å². The highest BCUT2D eigenvalue weighted by Crippen LogP contribution is 2.26. The summed E-state index contributed by atoms with van der Waals surface area (Å²) in [5.41, 5.74) is 2.40. The van der Waals surface area contributed by atoms with Crippen molar-refractivity contribution in [3.05, 3.63) is 71.6 Å². The maximum atomic E-state index is 12.4. The zero-order valence-electron chi connectivity index (χ0n) is 16.3. The van der Waals surface area contributed by atoms with Crippen LogP contribution in [0.15, 0.2) is 66.1 Å². The van der Waals surface area contributed by atoms with Crippen LogP contribution in [0, 0.1) is 0 Å². The molecule has 2 aromatic carbocycles. The summed E-state index contributed by atoms with van der Waals surface area (Å²) in [5.74, 6) is -0.489. The van der Waals surface area contributed by atoms with E-state index >= 15 is 0 Å². The van der Waals surface area contributed by atoms with Gasteiger partial charge in [0, 0.05) is 10.7 Å². The number of rotatable bonds is 6. The zero-order chi connectivity index (χ0) is 21.8. The monoisotopic (exact) mass is 453 g/mol. The Morgan fingerprint density at radius 1 is 1.16 bits per heavy atom. The number of anilines is 1. The fraction of sp³-hybridized carbons (Fsp3) is 0.0952. The van der Waals surface area contributed by atoms with E-state index in [-0.39, 0.29) is 11.7 Å². The number of amides is 1. The molecule has 31 heavy (non-hydrogen) atoms. The Kier molecular flexibility index (Phi) is 6.15. The lowest BCUT2D eigenvalue weighted by Crippen LogP contribution is -2.14. The number of benzene rings is 2. The highest BCUT2D eigenvalue weighted by atomic mass is 35.5. The Morgan fingerprint density at radius 3 is 2.71 bits per heavy atom. The standard InChI is InChI=1S/C21H16ClN5O3S/c1-30-21(29)13-5-7-15(8-6-13)26-18(28)11-31-20-17-10-25-27(19(17)23-12-24-20)16-4-2-3-14(22)9-16/h2-10,12H,11H2,1H3,(H,26,28). The van der Waals surface area contributed by atoms with E-state index in [1.807, 2.05) is 12.1 Å². The molecule has 10 heteroatoms. The van der Waals surface area contributed by atoms with Crippen LogP contribution in [0.5, 0.6) is 0 Å². The third kappa shape index (κ3) is 4.68. The maximum Gasteiger partial charge on any atom is 0.337 e. The third-order valence-electron chi connectivity index (χ3n) is 4.31. The summed E-state index contributed by atoms with van der Waals surface area (Å²) in [6.07, 6.45) is 3.11. The van der Waals surface area contributed by atoms with Gasteiger partial charge in [0.2, 0.25) is 5.91 Å². The van der Waals surface area contributed by atoms with Crippen molar-refractivity contribution in [1.82, 2.24) is 19.7 Å². The summed E-state index contributed by atoms with van der Waals surface area (Å²) >= 11 is 7.37. The molecule has 4 rings (SSSR count). The van der Waals surface area contributed by atoms with Crippen LogP contribution in [-0.2, 0) is 9.53 Å². The minimum atomic E-state index is -0.431. The van der Waals surface area contributed by atoms with Crippen LogP contribution in [0.1, 0.15) is 10.4 Å². The van der Waals surface area contributed by atoms with Crippen LogP contribution < -0.4 is 5.32 Å². The molecule has 0 saturated carbocycles. The van der Waals surface area contributed by atoms with E-state index in [0.29, 0.717) is 26.9 Å². The summed E-state index contributed by atoms with van der Waals surface area (Å²) in [7, 11) is 1.32. The van der Waals surface area contributed by atoms with E-state index in [4.69, 9.17) is 11.6 Å². The number of aromatic nitrogens is 4. The van der Waals surface area contributed by atoms with Gasteiger partial charge in [0.05, 0.1) is 35.7 Å². The van der Waals surface area contributed by atoms with Crippen molar-refractivity contribution >= 4 is 52.0 Å². The molecule has 0 spiro atoms. The Balaban J connectivity index is 1.45. The van der Waals surface area contributed by atoms with Crippen LogP contribution in [0.4, 0.5) is 5.69 Å². The molecule has 0 radical (unpaired) electrons. The number of hydrogen-bond acceptors (Lipinski definition) is 7. The van der Waals surface area contributed by atoms with Crippen molar-refractivity contribution in [1.29, 1.82) is 0 Å². The molecule has 0 bridgehead atoms. The quantitative estimate of drug-likeness (QED) is 0.268. The highest BCUT2D eigenvalue weighted by Gasteiger charge is 2.13. The number of esters is 1. The van der Waals surface area contributed by atoms with Crippen LogP contribution in [0.3, 0.4) is 0 Å². The van der Waals surface area contributed by atoms with Crippen LogP contribution in [0.25, 0.3) is 16.7 Å². The fourth-order valence-corrected chi connectivity index (χ4v) is 3.82. The topological polar surface area (TPSA) is 99.0 Å². The average Bonchev–Trinajstić information content (AvgIpc) is 3.22. The first-order valence-electron chi connectivity index (χ1n) is 9.11. The molecule has 0 unspecified atom stereocenters. The van der Waals surface area contributed by atoms with Crippen molar-refractivity contribution in [3.8, 4) is 5.69 Å². The molecule has 4 aromatic rings. The first kappa shape index (κ1) is 20.8. The van der Waals surface area contributed by atoms with Crippen molar-refractivity contribution in [2.75, 3.05) is 18.2 Å². The van der Waals surface area contributed by atoms with Gasteiger partial charge in [0.25, 0.3) is 0 Å². The number of methoxy groups -OCH3 is 1. The molecule has 0 aliphatic rings. The van der Waals surface area contributed by atoms with Gasteiger partial charge >= 0.3 is 5.97 Å². The number of ether oxygens (including phenoxy) is 1. The predicted molar refractivity (Wildman–Crippen MR) is 119 cm³/mol. The number of hydrogen-bond donors (Lipinski definition) is 1. The largest absolute Gasteiger partial charge is 0.465 e. The van der Waals surface area contributed by atoms with Gasteiger partial charge in [-0.3, -0.25) is 4.79 Å². The number of carbonyl (C=O) groups excluding carboxylic acids is 2. The highest BCUT2D eigenvalue weighted by molar-refractivity contribution is 8.00. The average molecular weight is 454 g/mol. The van der Waals surface area contributed by atoms with Crippen molar-refractivity contribution in [2.45, 2.75) is 5.03 Å². The fourth-order valence-electron chi connectivity index (χ4n) is 2.87. The SMILES string of the molecule is COC(=O)c1ccc(NC(=O)CSc2ncnc3c2cnn3-c2cccc(Cl)c2)cc1. The van der Waals surface area contributed by atoms with E-state index in [2.05, 4.69) is 25.1 Å². The second-order valence-corrected chi connectivity index (χ2v) is 7.76. The van der Waals surface area contributed by atoms with Crippen molar-refractivity contribution in [3.63, 3.8) is 0 Å². The molecule has 156 valence electrons. The van der Waals surface area contributed by atoms with Gasteiger partial charge in [-0.2, -0.15) is 5.10 Å².